The number of imidazole rings is 1. The van der Waals surface area contributed by atoms with Gasteiger partial charge in [0.05, 0.1) is 18.7 Å². The Balaban J connectivity index is 1.46. The predicted octanol–water partition coefficient (Wildman–Crippen LogP) is 5.08. The Kier molecular flexibility index (Phi) is 8.40. The summed E-state index contributed by atoms with van der Waals surface area (Å²) in [4.78, 5) is 39.4. The summed E-state index contributed by atoms with van der Waals surface area (Å²) in [6.07, 6.45) is -2.77. The maximum absolute atomic E-state index is 14.4. The third kappa shape index (κ3) is 6.60. The number of rotatable bonds is 9. The Morgan fingerprint density at radius 2 is 1.58 bits per heavy atom. The van der Waals surface area contributed by atoms with Crippen LogP contribution in [0.1, 0.15) is 39.9 Å². The Hall–Kier alpha value is -4.97. The van der Waals surface area contributed by atoms with Gasteiger partial charge in [-0.2, -0.15) is 23.1 Å². The lowest BCUT2D eigenvalue weighted by Crippen LogP contribution is -2.44. The highest BCUT2D eigenvalue weighted by atomic mass is 19.4. The second-order valence-electron chi connectivity index (χ2n) is 11.2. The van der Waals surface area contributed by atoms with Crippen LogP contribution in [-0.4, -0.2) is 44.0 Å². The van der Waals surface area contributed by atoms with Crippen molar-refractivity contribution >= 4 is 28.8 Å². The number of nitrogens with two attached hydrogens (primary N) is 1. The molecule has 12 heteroatoms. The van der Waals surface area contributed by atoms with Crippen LogP contribution in [0.3, 0.4) is 0 Å². The van der Waals surface area contributed by atoms with Gasteiger partial charge in [-0.05, 0) is 36.1 Å². The summed E-state index contributed by atoms with van der Waals surface area (Å²) in [6.45, 7) is 1.48. The number of aromatic nitrogens is 4. The van der Waals surface area contributed by atoms with Gasteiger partial charge in [-0.3, -0.25) is 18.7 Å². The lowest BCUT2D eigenvalue weighted by Gasteiger charge is -2.31. The van der Waals surface area contributed by atoms with E-state index in [4.69, 9.17) is 15.7 Å². The fourth-order valence-electron chi connectivity index (χ4n) is 5.59. The summed E-state index contributed by atoms with van der Waals surface area (Å²) in [6, 6.07) is 23.0. The Morgan fingerprint density at radius 3 is 2.22 bits per heavy atom. The first-order chi connectivity index (χ1) is 21.7. The summed E-state index contributed by atoms with van der Waals surface area (Å²) >= 11 is 0. The van der Waals surface area contributed by atoms with Crippen molar-refractivity contribution in [1.29, 1.82) is 0 Å². The molecule has 1 fully saturated rings. The van der Waals surface area contributed by atoms with Gasteiger partial charge in [0.1, 0.15) is 0 Å². The molecule has 45 heavy (non-hydrogen) atoms. The number of Topliss-reactive ketones (excluding diaryl/α,β-unsaturated/α-hetero) is 1. The largest absolute Gasteiger partial charge is 0.416 e. The number of benzene rings is 3. The minimum Gasteiger partial charge on any atom is -0.351 e. The standard InChI is InChI=1S/C33H32F3N7O2/c34-33(35,36)25-15-13-24(14-16-25)27(44)21-43-30(45)28-29(39-31(43)38-18-22-8-3-1-4-9-22)40-32(41-17-7-12-26(37)20-41)42(28)19-23-10-5-2-6-11-23/h1-6,8-11,13-16,26H,7,12,17-21,37H2,(H,38,39). The highest BCUT2D eigenvalue weighted by Crippen LogP contribution is 2.29. The molecule has 0 amide bonds. The topological polar surface area (TPSA) is 111 Å². The second-order valence-corrected chi connectivity index (χ2v) is 11.2. The normalized spacial score (nSPS) is 15.4. The number of hydrogen-bond donors (Lipinski definition) is 2. The highest BCUT2D eigenvalue weighted by Gasteiger charge is 2.31. The molecule has 0 bridgehead atoms. The number of alkyl halides is 3. The number of halogens is 3. The number of carbonyl (C=O) groups excluding carboxylic acids is 1. The maximum Gasteiger partial charge on any atom is 0.416 e. The fraction of sp³-hybridized carbons (Fsp3) is 0.273. The molecule has 3 heterocycles. The molecule has 6 rings (SSSR count). The van der Waals surface area contributed by atoms with Crippen LogP contribution < -0.4 is 21.5 Å². The van der Waals surface area contributed by atoms with Crippen molar-refractivity contribution in [2.24, 2.45) is 5.73 Å². The molecule has 1 atom stereocenters. The average Bonchev–Trinajstić information content (AvgIpc) is 3.40. The first-order valence-electron chi connectivity index (χ1n) is 14.7. The number of hydrogen-bond acceptors (Lipinski definition) is 7. The number of piperidine rings is 1. The highest BCUT2D eigenvalue weighted by molar-refractivity contribution is 5.96. The lowest BCUT2D eigenvalue weighted by molar-refractivity contribution is -0.137. The number of carbonyl (C=O) groups is 1. The Bertz CT molecular complexity index is 1850. The smallest absolute Gasteiger partial charge is 0.351 e. The molecule has 232 valence electrons. The molecular formula is C33H32F3N7O2. The summed E-state index contributed by atoms with van der Waals surface area (Å²) in [7, 11) is 0. The molecule has 0 aliphatic carbocycles. The van der Waals surface area contributed by atoms with E-state index in [-0.39, 0.29) is 28.7 Å². The molecule has 3 aromatic carbocycles. The fourth-order valence-corrected chi connectivity index (χ4v) is 5.59. The van der Waals surface area contributed by atoms with Crippen LogP contribution in [0.2, 0.25) is 0 Å². The number of fused-ring (bicyclic) bond motifs is 1. The lowest BCUT2D eigenvalue weighted by atomic mass is 10.1. The van der Waals surface area contributed by atoms with Crippen molar-refractivity contribution < 1.29 is 18.0 Å². The Morgan fingerprint density at radius 1 is 0.911 bits per heavy atom. The zero-order chi connectivity index (χ0) is 31.6. The third-order valence-electron chi connectivity index (χ3n) is 7.90. The van der Waals surface area contributed by atoms with Crippen LogP contribution in [-0.2, 0) is 25.8 Å². The van der Waals surface area contributed by atoms with Gasteiger partial charge in [-0.25, -0.2) is 0 Å². The van der Waals surface area contributed by atoms with Crippen LogP contribution in [0, 0.1) is 0 Å². The van der Waals surface area contributed by atoms with Gasteiger partial charge in [-0.1, -0.05) is 72.8 Å². The monoisotopic (exact) mass is 615 g/mol. The summed E-state index contributed by atoms with van der Waals surface area (Å²) < 4.78 is 42.5. The van der Waals surface area contributed by atoms with E-state index in [1.165, 1.54) is 4.57 Å². The summed E-state index contributed by atoms with van der Waals surface area (Å²) in [5, 5.41) is 3.18. The van der Waals surface area contributed by atoms with Crippen LogP contribution in [0.25, 0.3) is 11.2 Å². The SMILES string of the molecule is NC1CCCN(c2nc3nc(NCc4ccccc4)n(CC(=O)c4ccc(C(F)(F)F)cc4)c(=O)c3n2Cc2ccccc2)C1. The van der Waals surface area contributed by atoms with Gasteiger partial charge in [-0.15, -0.1) is 0 Å². The molecule has 1 unspecified atom stereocenters. The molecule has 1 aliphatic heterocycles. The number of nitrogens with zero attached hydrogens (tertiary/aromatic N) is 5. The summed E-state index contributed by atoms with van der Waals surface area (Å²) in [5.74, 6) is 0.156. The average molecular weight is 616 g/mol. The number of anilines is 2. The number of ketones is 1. The third-order valence-corrected chi connectivity index (χ3v) is 7.90. The minimum absolute atomic E-state index is 0.0437. The molecule has 9 nitrogen and oxygen atoms in total. The molecule has 0 radical (unpaired) electrons. The molecule has 1 saturated heterocycles. The van der Waals surface area contributed by atoms with E-state index in [2.05, 4.69) is 10.2 Å². The van der Waals surface area contributed by atoms with Crippen molar-refractivity contribution in [3.63, 3.8) is 0 Å². The minimum atomic E-state index is -4.53. The van der Waals surface area contributed by atoms with E-state index in [1.807, 2.05) is 65.2 Å². The van der Waals surface area contributed by atoms with E-state index in [9.17, 15) is 22.8 Å². The van der Waals surface area contributed by atoms with Crippen LogP contribution >= 0.6 is 0 Å². The summed E-state index contributed by atoms with van der Waals surface area (Å²) in [5.41, 5.74) is 7.30. The van der Waals surface area contributed by atoms with Gasteiger partial charge in [0.15, 0.2) is 16.9 Å². The molecule has 0 saturated carbocycles. The van der Waals surface area contributed by atoms with Crippen LogP contribution in [0.5, 0.6) is 0 Å². The molecular weight excluding hydrogens is 583 g/mol. The van der Waals surface area contributed by atoms with E-state index in [0.717, 1.165) is 48.2 Å². The van der Waals surface area contributed by atoms with E-state index >= 15 is 0 Å². The van der Waals surface area contributed by atoms with E-state index < -0.39 is 29.6 Å². The van der Waals surface area contributed by atoms with Crippen molar-refractivity contribution in [2.75, 3.05) is 23.3 Å². The maximum atomic E-state index is 14.4. The van der Waals surface area contributed by atoms with Crippen molar-refractivity contribution in [3.05, 3.63) is 118 Å². The Labute approximate surface area is 257 Å². The van der Waals surface area contributed by atoms with Crippen LogP contribution in [0.4, 0.5) is 25.1 Å². The number of nitrogens with one attached hydrogen (secondary N) is 1. The van der Waals surface area contributed by atoms with Gasteiger partial charge in [0, 0.05) is 31.2 Å². The molecule has 2 aromatic heterocycles. The van der Waals surface area contributed by atoms with Gasteiger partial charge in [0.25, 0.3) is 5.56 Å². The quantitative estimate of drug-likeness (QED) is 0.223. The molecule has 5 aromatic rings. The first kappa shape index (κ1) is 30.1. The van der Waals surface area contributed by atoms with Crippen molar-refractivity contribution in [3.8, 4) is 0 Å². The molecule has 3 N–H and O–H groups in total. The first-order valence-corrected chi connectivity index (χ1v) is 14.7. The van der Waals surface area contributed by atoms with Gasteiger partial charge in [0.2, 0.25) is 11.9 Å². The second kappa shape index (κ2) is 12.6. The zero-order valence-electron chi connectivity index (χ0n) is 24.4. The molecule has 0 spiro atoms. The van der Waals surface area contributed by atoms with E-state index in [1.54, 1.807) is 0 Å². The van der Waals surface area contributed by atoms with Crippen molar-refractivity contribution in [2.45, 2.75) is 44.7 Å². The van der Waals surface area contributed by atoms with Crippen LogP contribution in [0.15, 0.2) is 89.7 Å². The van der Waals surface area contributed by atoms with Gasteiger partial charge < -0.3 is 16.0 Å². The zero-order valence-corrected chi connectivity index (χ0v) is 24.4. The molecule has 1 aliphatic rings. The predicted molar refractivity (Wildman–Crippen MR) is 166 cm³/mol. The van der Waals surface area contributed by atoms with E-state index in [0.29, 0.717) is 32.1 Å². The van der Waals surface area contributed by atoms with Crippen molar-refractivity contribution in [1.82, 2.24) is 19.1 Å². The van der Waals surface area contributed by atoms with Gasteiger partial charge >= 0.3 is 6.18 Å².